The fourth-order valence-electron chi connectivity index (χ4n) is 2.72. The lowest BCUT2D eigenvalue weighted by molar-refractivity contribution is -0.143. The maximum absolute atomic E-state index is 12.4. The SMILES string of the molecule is CCNC(=O)c1ccc(C)c(NC(=O)N2CCCC(C(=O)O)C2)c1. The monoisotopic (exact) mass is 333 g/mol. The molecule has 0 bridgehead atoms. The minimum Gasteiger partial charge on any atom is -0.481 e. The first-order valence-electron chi connectivity index (χ1n) is 8.10. The van der Waals surface area contributed by atoms with E-state index in [-0.39, 0.29) is 18.5 Å². The molecule has 1 heterocycles. The average Bonchev–Trinajstić information content (AvgIpc) is 2.57. The number of hydrogen-bond acceptors (Lipinski definition) is 3. The maximum Gasteiger partial charge on any atom is 0.321 e. The molecule has 1 fully saturated rings. The standard InChI is InChI=1S/C17H23N3O4/c1-3-18-15(21)12-7-6-11(2)14(9-12)19-17(24)20-8-4-5-13(10-20)16(22)23/h6-7,9,13H,3-5,8,10H2,1-2H3,(H,18,21)(H,19,24)(H,22,23). The van der Waals surface area contributed by atoms with Crippen molar-refractivity contribution in [2.24, 2.45) is 5.92 Å². The van der Waals surface area contributed by atoms with Gasteiger partial charge in [-0.3, -0.25) is 9.59 Å². The predicted molar refractivity (Wildman–Crippen MR) is 90.1 cm³/mol. The summed E-state index contributed by atoms with van der Waals surface area (Å²) in [6, 6.07) is 4.78. The van der Waals surface area contributed by atoms with Gasteiger partial charge in [-0.15, -0.1) is 0 Å². The van der Waals surface area contributed by atoms with E-state index in [2.05, 4.69) is 10.6 Å². The van der Waals surface area contributed by atoms with Crippen molar-refractivity contribution < 1.29 is 19.5 Å². The number of aliphatic carboxylic acids is 1. The highest BCUT2D eigenvalue weighted by Gasteiger charge is 2.28. The molecule has 3 N–H and O–H groups in total. The van der Waals surface area contributed by atoms with Gasteiger partial charge < -0.3 is 20.6 Å². The fourth-order valence-corrected chi connectivity index (χ4v) is 2.72. The van der Waals surface area contributed by atoms with Crippen LogP contribution in [0.4, 0.5) is 10.5 Å². The van der Waals surface area contributed by atoms with Crippen molar-refractivity contribution in [1.82, 2.24) is 10.2 Å². The largest absolute Gasteiger partial charge is 0.481 e. The lowest BCUT2D eigenvalue weighted by Crippen LogP contribution is -2.44. The van der Waals surface area contributed by atoms with Crippen LogP contribution in [0.1, 0.15) is 35.7 Å². The zero-order chi connectivity index (χ0) is 17.7. The molecule has 1 aromatic carbocycles. The Hall–Kier alpha value is -2.57. The van der Waals surface area contributed by atoms with Gasteiger partial charge in [0.05, 0.1) is 5.92 Å². The first kappa shape index (κ1) is 17.8. The van der Waals surface area contributed by atoms with E-state index in [1.165, 1.54) is 4.90 Å². The number of anilines is 1. The third-order valence-electron chi connectivity index (χ3n) is 4.14. The van der Waals surface area contributed by atoms with E-state index in [1.807, 2.05) is 13.8 Å². The van der Waals surface area contributed by atoms with Crippen molar-refractivity contribution in [1.29, 1.82) is 0 Å². The van der Waals surface area contributed by atoms with Crippen LogP contribution in [-0.2, 0) is 4.79 Å². The Bertz CT molecular complexity index is 645. The molecule has 0 spiro atoms. The predicted octanol–water partition coefficient (Wildman–Crippen LogP) is 2.07. The minimum atomic E-state index is -0.873. The van der Waals surface area contributed by atoms with Crippen LogP contribution < -0.4 is 10.6 Å². The highest BCUT2D eigenvalue weighted by Crippen LogP contribution is 2.20. The van der Waals surface area contributed by atoms with E-state index < -0.39 is 11.9 Å². The third-order valence-corrected chi connectivity index (χ3v) is 4.14. The number of rotatable bonds is 4. The zero-order valence-electron chi connectivity index (χ0n) is 14.0. The molecule has 3 amide bonds. The number of carbonyl (C=O) groups excluding carboxylic acids is 2. The van der Waals surface area contributed by atoms with Crippen molar-refractivity contribution >= 4 is 23.6 Å². The quantitative estimate of drug-likeness (QED) is 0.785. The summed E-state index contributed by atoms with van der Waals surface area (Å²) in [4.78, 5) is 37.0. The second-order valence-electron chi connectivity index (χ2n) is 5.94. The summed E-state index contributed by atoms with van der Waals surface area (Å²) in [6.45, 7) is 4.94. The fraction of sp³-hybridized carbons (Fsp3) is 0.471. The van der Waals surface area contributed by atoms with E-state index >= 15 is 0 Å². The van der Waals surface area contributed by atoms with Gasteiger partial charge in [-0.2, -0.15) is 0 Å². The summed E-state index contributed by atoms with van der Waals surface area (Å²) < 4.78 is 0. The van der Waals surface area contributed by atoms with E-state index in [9.17, 15) is 14.4 Å². The Kier molecular flexibility index (Phi) is 5.78. The van der Waals surface area contributed by atoms with Crippen LogP contribution in [-0.4, -0.2) is 47.5 Å². The molecule has 130 valence electrons. The number of carboxylic acids is 1. The molecule has 0 saturated carbocycles. The van der Waals surface area contributed by atoms with Gasteiger partial charge >= 0.3 is 12.0 Å². The van der Waals surface area contributed by atoms with Gasteiger partial charge in [0.2, 0.25) is 0 Å². The second-order valence-corrected chi connectivity index (χ2v) is 5.94. The number of nitrogens with one attached hydrogen (secondary N) is 2. The second kappa shape index (κ2) is 7.81. The Labute approximate surface area is 141 Å². The lowest BCUT2D eigenvalue weighted by Gasteiger charge is -2.31. The van der Waals surface area contributed by atoms with Gasteiger partial charge in [0, 0.05) is 30.9 Å². The van der Waals surface area contributed by atoms with Gasteiger partial charge in [0.25, 0.3) is 5.91 Å². The number of aryl methyl sites for hydroxylation is 1. The number of piperidine rings is 1. The highest BCUT2D eigenvalue weighted by atomic mass is 16.4. The van der Waals surface area contributed by atoms with E-state index in [0.717, 1.165) is 5.56 Å². The molecule has 7 nitrogen and oxygen atoms in total. The molecule has 24 heavy (non-hydrogen) atoms. The van der Waals surface area contributed by atoms with Gasteiger partial charge in [0.15, 0.2) is 0 Å². The Balaban J connectivity index is 2.09. The smallest absolute Gasteiger partial charge is 0.321 e. The number of carbonyl (C=O) groups is 3. The molecule has 1 saturated heterocycles. The summed E-state index contributed by atoms with van der Waals surface area (Å²) in [5, 5.41) is 14.6. The number of amides is 3. The molecule has 0 aliphatic carbocycles. The normalized spacial score (nSPS) is 17.2. The molecule has 0 aromatic heterocycles. The molecule has 2 rings (SSSR count). The minimum absolute atomic E-state index is 0.197. The molecule has 1 unspecified atom stereocenters. The van der Waals surface area contributed by atoms with Crippen LogP contribution in [0.2, 0.25) is 0 Å². The van der Waals surface area contributed by atoms with Gasteiger partial charge in [-0.1, -0.05) is 6.07 Å². The van der Waals surface area contributed by atoms with Crippen molar-refractivity contribution in [3.8, 4) is 0 Å². The average molecular weight is 333 g/mol. The van der Waals surface area contributed by atoms with Crippen molar-refractivity contribution in [3.63, 3.8) is 0 Å². The summed E-state index contributed by atoms with van der Waals surface area (Å²) in [6.07, 6.45) is 1.26. The van der Waals surface area contributed by atoms with Crippen LogP contribution in [0.3, 0.4) is 0 Å². The first-order valence-corrected chi connectivity index (χ1v) is 8.10. The lowest BCUT2D eigenvalue weighted by atomic mass is 9.99. The molecule has 1 aromatic rings. The third kappa shape index (κ3) is 4.24. The molecular formula is C17H23N3O4. The summed E-state index contributed by atoms with van der Waals surface area (Å²) in [7, 11) is 0. The van der Waals surface area contributed by atoms with Gasteiger partial charge in [-0.25, -0.2) is 4.79 Å². The Morgan fingerprint density at radius 2 is 2.08 bits per heavy atom. The van der Waals surface area contributed by atoms with Gasteiger partial charge in [0.1, 0.15) is 0 Å². The van der Waals surface area contributed by atoms with E-state index in [0.29, 0.717) is 37.2 Å². The van der Waals surface area contributed by atoms with Crippen LogP contribution in [0.25, 0.3) is 0 Å². The topological polar surface area (TPSA) is 98.7 Å². The first-order chi connectivity index (χ1) is 11.4. The number of likely N-dealkylation sites (tertiary alicyclic amines) is 1. The molecule has 1 aliphatic rings. The van der Waals surface area contributed by atoms with Gasteiger partial charge in [-0.05, 0) is 44.4 Å². The number of nitrogens with zero attached hydrogens (tertiary/aromatic N) is 1. The number of urea groups is 1. The maximum atomic E-state index is 12.4. The van der Waals surface area contributed by atoms with Crippen LogP contribution in [0.15, 0.2) is 18.2 Å². The number of carboxylic acid groups (broad SMARTS) is 1. The zero-order valence-corrected chi connectivity index (χ0v) is 14.0. The molecule has 7 heteroatoms. The van der Waals surface area contributed by atoms with E-state index in [4.69, 9.17) is 5.11 Å². The summed E-state index contributed by atoms with van der Waals surface area (Å²) in [5.74, 6) is -1.59. The van der Waals surface area contributed by atoms with Crippen LogP contribution in [0, 0.1) is 12.8 Å². The highest BCUT2D eigenvalue weighted by molar-refractivity contribution is 5.97. The molecular weight excluding hydrogens is 310 g/mol. The molecule has 1 atom stereocenters. The van der Waals surface area contributed by atoms with Crippen LogP contribution >= 0.6 is 0 Å². The Morgan fingerprint density at radius 1 is 1.33 bits per heavy atom. The summed E-state index contributed by atoms with van der Waals surface area (Å²) >= 11 is 0. The van der Waals surface area contributed by atoms with E-state index in [1.54, 1.807) is 18.2 Å². The number of hydrogen-bond donors (Lipinski definition) is 3. The van der Waals surface area contributed by atoms with Crippen molar-refractivity contribution in [2.75, 3.05) is 25.0 Å². The summed E-state index contributed by atoms with van der Waals surface area (Å²) in [5.41, 5.74) is 1.87. The Morgan fingerprint density at radius 3 is 2.75 bits per heavy atom. The van der Waals surface area contributed by atoms with Crippen molar-refractivity contribution in [3.05, 3.63) is 29.3 Å². The van der Waals surface area contributed by atoms with Crippen LogP contribution in [0.5, 0.6) is 0 Å². The molecule has 0 radical (unpaired) electrons. The van der Waals surface area contributed by atoms with Crippen molar-refractivity contribution in [2.45, 2.75) is 26.7 Å². The molecule has 1 aliphatic heterocycles. The number of benzene rings is 1.